The summed E-state index contributed by atoms with van der Waals surface area (Å²) in [5.74, 6) is 1.13. The van der Waals surface area contributed by atoms with Crippen molar-refractivity contribution in [2.45, 2.75) is 25.3 Å². The van der Waals surface area contributed by atoms with Gasteiger partial charge in [-0.05, 0) is 41.3 Å². The van der Waals surface area contributed by atoms with Gasteiger partial charge in [0.25, 0.3) is 0 Å². The summed E-state index contributed by atoms with van der Waals surface area (Å²) in [5, 5.41) is 8.76. The van der Waals surface area contributed by atoms with Crippen LogP contribution < -0.4 is 5.32 Å². The zero-order chi connectivity index (χ0) is 21.4. The molecule has 2 fully saturated rings. The van der Waals surface area contributed by atoms with Gasteiger partial charge in [-0.2, -0.15) is 9.61 Å². The van der Waals surface area contributed by atoms with Crippen molar-refractivity contribution in [3.05, 3.63) is 46.0 Å². The molecule has 1 unspecified atom stereocenters. The third-order valence-corrected chi connectivity index (χ3v) is 6.91. The lowest BCUT2D eigenvalue weighted by Gasteiger charge is -2.34. The van der Waals surface area contributed by atoms with Crippen LogP contribution in [-0.2, 0) is 9.53 Å². The van der Waals surface area contributed by atoms with Crippen molar-refractivity contribution in [3.63, 3.8) is 0 Å². The molecule has 0 spiro atoms. The van der Waals surface area contributed by atoms with E-state index in [2.05, 4.69) is 26.3 Å². The van der Waals surface area contributed by atoms with Crippen molar-refractivity contribution in [1.29, 1.82) is 0 Å². The number of halogens is 2. The van der Waals surface area contributed by atoms with E-state index in [-0.39, 0.29) is 17.9 Å². The quantitative estimate of drug-likeness (QED) is 0.575. The molecule has 2 aliphatic rings. The molecule has 1 N–H and O–H groups in total. The van der Waals surface area contributed by atoms with Gasteiger partial charge < -0.3 is 15.0 Å². The molecule has 0 radical (unpaired) electrons. The number of aromatic nitrogens is 3. The first-order valence-corrected chi connectivity index (χ1v) is 11.7. The van der Waals surface area contributed by atoms with Gasteiger partial charge in [0, 0.05) is 42.4 Å². The highest BCUT2D eigenvalue weighted by Crippen LogP contribution is 2.31. The molecule has 1 atom stereocenters. The third kappa shape index (κ3) is 4.16. The van der Waals surface area contributed by atoms with E-state index in [1.54, 1.807) is 10.7 Å². The van der Waals surface area contributed by atoms with Gasteiger partial charge in [0.05, 0.1) is 28.9 Å². The molecule has 0 aliphatic carbocycles. The number of fused-ring (bicyclic) bond motifs is 1. The number of nitrogens with zero attached hydrogens (tertiary/aromatic N) is 4. The molecule has 3 aromatic rings. The molecule has 2 saturated heterocycles. The first-order chi connectivity index (χ1) is 15.1. The Hall–Kier alpha value is -2.16. The first-order valence-electron chi connectivity index (χ1n) is 10.5. The SMILES string of the molecule is O=C(C1CCOC1)N1CCC(Nc2cc(-c3ccccc3Cl)nc3c(Br)cnn23)CC1. The van der Waals surface area contributed by atoms with E-state index in [1.807, 2.05) is 35.2 Å². The Bertz CT molecular complexity index is 1110. The summed E-state index contributed by atoms with van der Waals surface area (Å²) in [6, 6.07) is 9.92. The summed E-state index contributed by atoms with van der Waals surface area (Å²) in [7, 11) is 0. The van der Waals surface area contributed by atoms with Gasteiger partial charge in [0.15, 0.2) is 5.65 Å². The molecular formula is C22H23BrClN5O2. The number of ether oxygens (including phenoxy) is 1. The van der Waals surface area contributed by atoms with Crippen LogP contribution in [0.1, 0.15) is 19.3 Å². The lowest BCUT2D eigenvalue weighted by molar-refractivity contribution is -0.136. The molecule has 162 valence electrons. The normalized spacial score (nSPS) is 19.8. The zero-order valence-electron chi connectivity index (χ0n) is 16.9. The number of carbonyl (C=O) groups is 1. The van der Waals surface area contributed by atoms with Crippen molar-refractivity contribution < 1.29 is 9.53 Å². The topological polar surface area (TPSA) is 71.8 Å². The summed E-state index contributed by atoms with van der Waals surface area (Å²) in [4.78, 5) is 19.4. The van der Waals surface area contributed by atoms with Crippen molar-refractivity contribution >= 4 is 44.9 Å². The number of rotatable bonds is 4. The molecule has 0 saturated carbocycles. The van der Waals surface area contributed by atoms with Crippen LogP contribution in [0.2, 0.25) is 5.02 Å². The summed E-state index contributed by atoms with van der Waals surface area (Å²) in [6.07, 6.45) is 4.35. The van der Waals surface area contributed by atoms with Crippen LogP contribution in [0.3, 0.4) is 0 Å². The van der Waals surface area contributed by atoms with E-state index in [9.17, 15) is 4.79 Å². The summed E-state index contributed by atoms with van der Waals surface area (Å²) >= 11 is 9.97. The van der Waals surface area contributed by atoms with Gasteiger partial charge in [-0.25, -0.2) is 4.98 Å². The Morgan fingerprint density at radius 1 is 1.23 bits per heavy atom. The number of hydrogen-bond acceptors (Lipinski definition) is 5. The molecule has 7 nitrogen and oxygen atoms in total. The van der Waals surface area contributed by atoms with Gasteiger partial charge in [0.1, 0.15) is 5.82 Å². The van der Waals surface area contributed by atoms with E-state index in [0.717, 1.165) is 59.5 Å². The van der Waals surface area contributed by atoms with E-state index >= 15 is 0 Å². The molecular weight excluding hydrogens is 482 g/mol. The van der Waals surface area contributed by atoms with Gasteiger partial charge in [0.2, 0.25) is 5.91 Å². The Balaban J connectivity index is 1.36. The zero-order valence-corrected chi connectivity index (χ0v) is 19.3. The largest absolute Gasteiger partial charge is 0.381 e. The first kappa shape index (κ1) is 20.7. The third-order valence-electron chi connectivity index (χ3n) is 6.02. The van der Waals surface area contributed by atoms with Gasteiger partial charge in [-0.1, -0.05) is 29.8 Å². The van der Waals surface area contributed by atoms with Crippen LogP contribution in [0.25, 0.3) is 16.9 Å². The van der Waals surface area contributed by atoms with E-state index in [0.29, 0.717) is 18.2 Å². The lowest BCUT2D eigenvalue weighted by Crippen LogP contribution is -2.45. The van der Waals surface area contributed by atoms with E-state index in [4.69, 9.17) is 21.3 Å². The predicted molar refractivity (Wildman–Crippen MR) is 123 cm³/mol. The summed E-state index contributed by atoms with van der Waals surface area (Å²) in [6.45, 7) is 2.76. The van der Waals surface area contributed by atoms with Crippen molar-refractivity contribution in [1.82, 2.24) is 19.5 Å². The van der Waals surface area contributed by atoms with Crippen LogP contribution in [0.5, 0.6) is 0 Å². The molecule has 31 heavy (non-hydrogen) atoms. The Labute approximate surface area is 193 Å². The number of anilines is 1. The predicted octanol–water partition coefficient (Wildman–Crippen LogP) is 4.25. The maximum Gasteiger partial charge on any atom is 0.228 e. The summed E-state index contributed by atoms with van der Waals surface area (Å²) in [5.41, 5.74) is 2.39. The van der Waals surface area contributed by atoms with Crippen LogP contribution in [0.4, 0.5) is 5.82 Å². The van der Waals surface area contributed by atoms with Crippen molar-refractivity contribution in [2.75, 3.05) is 31.6 Å². The summed E-state index contributed by atoms with van der Waals surface area (Å²) < 4.78 is 8.01. The number of piperidine rings is 1. The Kier molecular flexibility index (Phi) is 5.86. The van der Waals surface area contributed by atoms with E-state index < -0.39 is 0 Å². The monoisotopic (exact) mass is 503 g/mol. The van der Waals surface area contributed by atoms with Crippen LogP contribution in [0.15, 0.2) is 41.0 Å². The number of amides is 1. The number of likely N-dealkylation sites (tertiary alicyclic amines) is 1. The fourth-order valence-electron chi connectivity index (χ4n) is 4.29. The second-order valence-corrected chi connectivity index (χ2v) is 9.30. The highest BCUT2D eigenvalue weighted by Gasteiger charge is 2.31. The number of benzene rings is 1. The lowest BCUT2D eigenvalue weighted by atomic mass is 10.0. The number of nitrogens with one attached hydrogen (secondary N) is 1. The van der Waals surface area contributed by atoms with Crippen LogP contribution >= 0.6 is 27.5 Å². The Morgan fingerprint density at radius 2 is 2.03 bits per heavy atom. The minimum absolute atomic E-state index is 0.0314. The van der Waals surface area contributed by atoms with Crippen LogP contribution in [-0.4, -0.2) is 57.8 Å². The fraction of sp³-hybridized carbons (Fsp3) is 0.409. The average Bonchev–Trinajstić information content (AvgIpc) is 3.45. The second-order valence-electron chi connectivity index (χ2n) is 8.04. The fourth-order valence-corrected chi connectivity index (χ4v) is 4.87. The molecule has 2 aromatic heterocycles. The molecule has 4 heterocycles. The molecule has 5 rings (SSSR count). The van der Waals surface area contributed by atoms with Crippen molar-refractivity contribution in [3.8, 4) is 11.3 Å². The maximum absolute atomic E-state index is 12.7. The Morgan fingerprint density at radius 3 is 2.77 bits per heavy atom. The minimum Gasteiger partial charge on any atom is -0.381 e. The van der Waals surface area contributed by atoms with E-state index in [1.165, 1.54) is 0 Å². The van der Waals surface area contributed by atoms with Crippen molar-refractivity contribution in [2.24, 2.45) is 5.92 Å². The smallest absolute Gasteiger partial charge is 0.228 e. The minimum atomic E-state index is 0.0314. The molecule has 0 bridgehead atoms. The standard InChI is InChI=1S/C22H23BrClN5O2/c23-17-12-25-29-20(11-19(27-21(17)29)16-3-1-2-4-18(16)24)26-15-5-8-28(9-6-15)22(30)14-7-10-31-13-14/h1-4,11-12,14-15,26H,5-10,13H2. The molecule has 9 heteroatoms. The molecule has 1 aromatic carbocycles. The molecule has 2 aliphatic heterocycles. The highest BCUT2D eigenvalue weighted by molar-refractivity contribution is 9.10. The van der Waals surface area contributed by atoms with Crippen LogP contribution in [0, 0.1) is 5.92 Å². The number of carbonyl (C=O) groups excluding carboxylic acids is 1. The van der Waals surface area contributed by atoms with Gasteiger partial charge in [-0.3, -0.25) is 4.79 Å². The maximum atomic E-state index is 12.7. The molecule has 1 amide bonds. The van der Waals surface area contributed by atoms with Gasteiger partial charge >= 0.3 is 0 Å². The average molecular weight is 505 g/mol. The highest BCUT2D eigenvalue weighted by atomic mass is 79.9. The second kappa shape index (κ2) is 8.76. The number of hydrogen-bond donors (Lipinski definition) is 1. The van der Waals surface area contributed by atoms with Gasteiger partial charge in [-0.15, -0.1) is 0 Å².